The fourth-order valence-corrected chi connectivity index (χ4v) is 4.21. The third kappa shape index (κ3) is 4.00. The predicted molar refractivity (Wildman–Crippen MR) is 107 cm³/mol. The maximum absolute atomic E-state index is 13.1. The first-order valence-corrected chi connectivity index (χ1v) is 9.42. The van der Waals surface area contributed by atoms with E-state index in [1.54, 1.807) is 24.3 Å². The topological polar surface area (TPSA) is 87.2 Å². The maximum Gasteiger partial charge on any atom is 0.262 e. The number of hydrogen-bond acceptors (Lipinski definition) is 4. The number of benzene rings is 2. The Morgan fingerprint density at radius 1 is 1.22 bits per heavy atom. The molecule has 0 saturated carbocycles. The number of nitriles is 1. The molecule has 0 aromatic heterocycles. The molecule has 1 aliphatic heterocycles. The van der Waals surface area contributed by atoms with Gasteiger partial charge in [-0.1, -0.05) is 53.2 Å². The largest absolute Gasteiger partial charge is 0.365 e. The van der Waals surface area contributed by atoms with E-state index in [-0.39, 0.29) is 16.5 Å². The van der Waals surface area contributed by atoms with Crippen molar-refractivity contribution in [2.75, 3.05) is 4.90 Å². The molecule has 1 aliphatic rings. The van der Waals surface area contributed by atoms with Crippen molar-refractivity contribution in [3.05, 3.63) is 75.3 Å². The molecule has 2 aromatic carbocycles. The van der Waals surface area contributed by atoms with Crippen molar-refractivity contribution in [2.24, 2.45) is 5.73 Å². The molecule has 1 heterocycles. The zero-order valence-corrected chi connectivity index (χ0v) is 16.1. The van der Waals surface area contributed by atoms with E-state index in [1.165, 1.54) is 16.7 Å². The van der Waals surface area contributed by atoms with Crippen molar-refractivity contribution in [1.29, 1.82) is 5.26 Å². The molecule has 0 aliphatic carbocycles. The fraction of sp³-hybridized carbons (Fsp3) is 0.150. The highest BCUT2D eigenvalue weighted by molar-refractivity contribution is 8.05. The summed E-state index contributed by atoms with van der Waals surface area (Å²) in [5.74, 6) is -1.04. The molecular formula is C20H16ClN3O2S. The van der Waals surface area contributed by atoms with Crippen LogP contribution >= 0.6 is 23.4 Å². The Morgan fingerprint density at radius 2 is 1.85 bits per heavy atom. The van der Waals surface area contributed by atoms with E-state index in [2.05, 4.69) is 0 Å². The predicted octanol–water partition coefficient (Wildman–Crippen LogP) is 3.56. The normalized spacial score (nSPS) is 18.3. The lowest BCUT2D eigenvalue weighted by atomic mass is 10.1. The number of hydrogen-bond donors (Lipinski definition) is 1. The average molecular weight is 398 g/mol. The summed E-state index contributed by atoms with van der Waals surface area (Å²) < 4.78 is 0. The Morgan fingerprint density at radius 3 is 2.41 bits per heavy atom. The van der Waals surface area contributed by atoms with E-state index in [0.717, 1.165) is 11.1 Å². The van der Waals surface area contributed by atoms with Crippen LogP contribution in [0.1, 0.15) is 11.1 Å². The smallest absolute Gasteiger partial charge is 0.262 e. The molecule has 7 heteroatoms. The summed E-state index contributed by atoms with van der Waals surface area (Å²) in [4.78, 5) is 26.2. The summed E-state index contributed by atoms with van der Waals surface area (Å²) in [5.41, 5.74) is 7.73. The van der Waals surface area contributed by atoms with Crippen LogP contribution in [0.2, 0.25) is 5.02 Å². The number of rotatable bonds is 4. The molecule has 136 valence electrons. The number of thioether (sulfide) groups is 1. The number of primary amides is 1. The Kier molecular flexibility index (Phi) is 5.54. The number of nitrogens with two attached hydrogens (primary N) is 1. The summed E-state index contributed by atoms with van der Waals surface area (Å²) >= 11 is 7.10. The molecule has 0 bridgehead atoms. The van der Waals surface area contributed by atoms with E-state index >= 15 is 0 Å². The lowest BCUT2D eigenvalue weighted by Crippen LogP contribution is -2.31. The number of amides is 2. The van der Waals surface area contributed by atoms with Crippen molar-refractivity contribution in [1.82, 2.24) is 0 Å². The van der Waals surface area contributed by atoms with Crippen LogP contribution in [0.25, 0.3) is 0 Å². The highest BCUT2D eigenvalue weighted by Crippen LogP contribution is 2.41. The number of carbonyl (C=O) groups excluding carboxylic acids is 2. The van der Waals surface area contributed by atoms with Gasteiger partial charge < -0.3 is 5.73 Å². The number of anilines is 1. The van der Waals surface area contributed by atoms with Gasteiger partial charge in [-0.2, -0.15) is 5.26 Å². The van der Waals surface area contributed by atoms with Gasteiger partial charge in [0.1, 0.15) is 16.7 Å². The molecule has 27 heavy (non-hydrogen) atoms. The second-order valence-electron chi connectivity index (χ2n) is 6.10. The SMILES string of the molecule is Cc1ccc(N2C(=O)[C@H](Cc3ccc(Cl)cc3)S/C2=C(/C#N)C(N)=O)cc1. The third-order valence-electron chi connectivity index (χ3n) is 4.15. The lowest BCUT2D eigenvalue weighted by molar-refractivity contribution is -0.117. The van der Waals surface area contributed by atoms with E-state index in [0.29, 0.717) is 17.1 Å². The van der Waals surface area contributed by atoms with Gasteiger partial charge in [-0.25, -0.2) is 0 Å². The minimum absolute atomic E-state index is 0.192. The van der Waals surface area contributed by atoms with Crippen LogP contribution in [-0.2, 0) is 16.0 Å². The van der Waals surface area contributed by atoms with Crippen LogP contribution in [0, 0.1) is 18.3 Å². The summed E-state index contributed by atoms with van der Waals surface area (Å²) in [6, 6.07) is 16.4. The van der Waals surface area contributed by atoms with Gasteiger partial charge in [-0.15, -0.1) is 0 Å². The monoisotopic (exact) mass is 397 g/mol. The Hall–Kier alpha value is -2.75. The first kappa shape index (κ1) is 19.0. The molecular weight excluding hydrogens is 382 g/mol. The molecule has 0 radical (unpaired) electrons. The molecule has 2 aromatic rings. The first-order chi connectivity index (χ1) is 12.9. The average Bonchev–Trinajstić information content (AvgIpc) is 2.94. The summed E-state index contributed by atoms with van der Waals surface area (Å²) in [6.07, 6.45) is 0.448. The molecule has 2 amide bonds. The van der Waals surface area contributed by atoms with Crippen LogP contribution in [0.15, 0.2) is 59.1 Å². The van der Waals surface area contributed by atoms with Crippen molar-refractivity contribution in [3.8, 4) is 6.07 Å². The quantitative estimate of drug-likeness (QED) is 0.631. The standard InChI is InChI=1S/C20H16ClN3O2S/c1-12-2-8-15(9-3-12)24-19(26)17(10-13-4-6-14(21)7-5-13)27-20(24)16(11-22)18(23)25/h2-9,17H,10H2,1H3,(H2,23,25)/b20-16-/t17-/m0/s1. The van der Waals surface area contributed by atoms with Gasteiger partial charge in [-0.3, -0.25) is 14.5 Å². The number of halogens is 1. The Labute approximate surface area is 166 Å². The molecule has 2 N–H and O–H groups in total. The van der Waals surface area contributed by atoms with Gasteiger partial charge >= 0.3 is 0 Å². The minimum Gasteiger partial charge on any atom is -0.365 e. The van der Waals surface area contributed by atoms with Gasteiger partial charge in [0.05, 0.1) is 5.25 Å². The van der Waals surface area contributed by atoms with E-state index in [1.807, 2.05) is 37.3 Å². The van der Waals surface area contributed by atoms with Gasteiger partial charge in [0, 0.05) is 10.7 Å². The number of carbonyl (C=O) groups is 2. The van der Waals surface area contributed by atoms with Crippen LogP contribution < -0.4 is 10.6 Å². The van der Waals surface area contributed by atoms with Gasteiger partial charge in [0.25, 0.3) is 5.91 Å². The summed E-state index contributed by atoms with van der Waals surface area (Å²) in [6.45, 7) is 1.94. The third-order valence-corrected chi connectivity index (χ3v) is 5.67. The van der Waals surface area contributed by atoms with Crippen molar-refractivity contribution < 1.29 is 9.59 Å². The minimum atomic E-state index is -0.850. The van der Waals surface area contributed by atoms with E-state index < -0.39 is 11.2 Å². The summed E-state index contributed by atoms with van der Waals surface area (Å²) in [5, 5.41) is 9.81. The highest BCUT2D eigenvalue weighted by Gasteiger charge is 2.40. The number of nitrogens with zero attached hydrogens (tertiary/aromatic N) is 2. The lowest BCUT2D eigenvalue weighted by Gasteiger charge is -2.18. The van der Waals surface area contributed by atoms with Crippen molar-refractivity contribution >= 4 is 40.9 Å². The molecule has 0 unspecified atom stereocenters. The van der Waals surface area contributed by atoms with Crippen molar-refractivity contribution in [2.45, 2.75) is 18.6 Å². The van der Waals surface area contributed by atoms with Crippen molar-refractivity contribution in [3.63, 3.8) is 0 Å². The molecule has 5 nitrogen and oxygen atoms in total. The van der Waals surface area contributed by atoms with E-state index in [9.17, 15) is 14.9 Å². The Balaban J connectivity index is 2.01. The Bertz CT molecular complexity index is 962. The second-order valence-corrected chi connectivity index (χ2v) is 7.73. The van der Waals surface area contributed by atoms with E-state index in [4.69, 9.17) is 17.3 Å². The summed E-state index contributed by atoms with van der Waals surface area (Å²) in [7, 11) is 0. The van der Waals surface area contributed by atoms with Gasteiger partial charge in [-0.05, 0) is 43.2 Å². The molecule has 3 rings (SSSR count). The maximum atomic E-state index is 13.1. The van der Waals surface area contributed by atoms with Gasteiger partial charge in [0.2, 0.25) is 5.91 Å². The van der Waals surface area contributed by atoms with Gasteiger partial charge in [0.15, 0.2) is 0 Å². The first-order valence-electron chi connectivity index (χ1n) is 8.16. The number of aryl methyl sites for hydroxylation is 1. The van der Waals surface area contributed by atoms with Crippen LogP contribution in [0.5, 0.6) is 0 Å². The second kappa shape index (κ2) is 7.87. The molecule has 1 atom stereocenters. The fourth-order valence-electron chi connectivity index (χ4n) is 2.76. The highest BCUT2D eigenvalue weighted by atomic mass is 35.5. The molecule has 0 spiro atoms. The van der Waals surface area contributed by atoms with Crippen LogP contribution in [-0.4, -0.2) is 17.1 Å². The van der Waals surface area contributed by atoms with Crippen LogP contribution in [0.3, 0.4) is 0 Å². The zero-order valence-electron chi connectivity index (χ0n) is 14.5. The van der Waals surface area contributed by atoms with Crippen LogP contribution in [0.4, 0.5) is 5.69 Å². The molecule has 1 fully saturated rings. The molecule has 1 saturated heterocycles. The zero-order chi connectivity index (χ0) is 19.6.